The van der Waals surface area contributed by atoms with Crippen LogP contribution in [0.5, 0.6) is 5.75 Å². The maximum absolute atomic E-state index is 13.8. The van der Waals surface area contributed by atoms with Gasteiger partial charge >= 0.3 is 7.60 Å². The molecule has 12 heteroatoms. The number of hydrogen-bond donors (Lipinski definition) is 4. The van der Waals surface area contributed by atoms with E-state index >= 15 is 0 Å². The predicted molar refractivity (Wildman–Crippen MR) is 146 cm³/mol. The second kappa shape index (κ2) is 11.3. The van der Waals surface area contributed by atoms with Gasteiger partial charge in [0.2, 0.25) is 0 Å². The number of carbonyl (C=O) groups excluding carboxylic acids is 1. The van der Waals surface area contributed by atoms with Crippen molar-refractivity contribution in [2.24, 2.45) is 0 Å². The third-order valence-electron chi connectivity index (χ3n) is 6.92. The van der Waals surface area contributed by atoms with Crippen molar-refractivity contribution in [3.05, 3.63) is 99.5 Å². The molecular formula is C28H28F2N3O6P. The molecule has 0 unspecified atom stereocenters. The van der Waals surface area contributed by atoms with Gasteiger partial charge in [-0.15, -0.1) is 0 Å². The van der Waals surface area contributed by atoms with Gasteiger partial charge in [0, 0.05) is 11.9 Å². The van der Waals surface area contributed by atoms with E-state index in [9.17, 15) is 37.8 Å². The number of amides is 1. The van der Waals surface area contributed by atoms with Crippen molar-refractivity contribution in [2.75, 3.05) is 6.16 Å². The summed E-state index contributed by atoms with van der Waals surface area (Å²) in [6.07, 6.45) is 1.40. The minimum atomic E-state index is -4.56. The number of aromatic nitrogens is 2. The highest BCUT2D eigenvalue weighted by atomic mass is 31.2. The van der Waals surface area contributed by atoms with Gasteiger partial charge in [0.1, 0.15) is 22.7 Å². The first-order valence-electron chi connectivity index (χ1n) is 12.5. The number of carbonyl (C=O) groups is 1. The van der Waals surface area contributed by atoms with Gasteiger partial charge in [0.05, 0.1) is 17.2 Å². The fourth-order valence-electron chi connectivity index (χ4n) is 4.66. The van der Waals surface area contributed by atoms with Crippen molar-refractivity contribution in [1.29, 1.82) is 0 Å². The van der Waals surface area contributed by atoms with Gasteiger partial charge in [-0.2, -0.15) is 0 Å². The molecule has 2 aromatic carbocycles. The maximum Gasteiger partial charge on any atom is 0.327 e. The fraction of sp³-hybridized carbons (Fsp3) is 0.250. The Morgan fingerprint density at radius 1 is 1.00 bits per heavy atom. The molecule has 2 aromatic heterocycles. The molecule has 0 atom stereocenters. The molecule has 0 radical (unpaired) electrons. The second-order valence-electron chi connectivity index (χ2n) is 9.62. The van der Waals surface area contributed by atoms with Gasteiger partial charge in [-0.3, -0.25) is 23.7 Å². The van der Waals surface area contributed by atoms with E-state index in [2.05, 4.69) is 10.3 Å². The highest BCUT2D eigenvalue weighted by Gasteiger charge is 2.37. The third-order valence-corrected chi connectivity index (χ3v) is 7.93. The summed E-state index contributed by atoms with van der Waals surface area (Å²) in [5.41, 5.74) is -1.35. The van der Waals surface area contributed by atoms with E-state index in [-0.39, 0.29) is 29.6 Å². The Bertz CT molecular complexity index is 1660. The first kappa shape index (κ1) is 29.1. The molecule has 0 aliphatic heterocycles. The van der Waals surface area contributed by atoms with Crippen LogP contribution in [0.15, 0.2) is 65.6 Å². The average Bonchev–Trinajstić information content (AvgIpc) is 2.90. The first-order chi connectivity index (χ1) is 18.9. The molecular weight excluding hydrogens is 543 g/mol. The Labute approximate surface area is 228 Å². The van der Waals surface area contributed by atoms with Crippen molar-refractivity contribution >= 4 is 24.5 Å². The standard InChI is InChI=1S/C28H28F2N3O6P/c1-3-28(4-2,16-40(37,38)39)32-26(35)23-25(34)24-22(33(27(23)36)21-11-9-20(30)10-12-21)14-18(15-31-24)13-17-5-7-19(29)8-6-17/h5-12,14-15,34H,3-4,13,16H2,1-2H3,(H,32,35)(H2,37,38,39). The third kappa shape index (κ3) is 6.12. The summed E-state index contributed by atoms with van der Waals surface area (Å²) in [5.74, 6) is -2.69. The smallest absolute Gasteiger partial charge is 0.327 e. The Morgan fingerprint density at radius 3 is 2.12 bits per heavy atom. The van der Waals surface area contributed by atoms with Crippen molar-refractivity contribution in [3.63, 3.8) is 0 Å². The molecule has 0 aliphatic carbocycles. The summed E-state index contributed by atoms with van der Waals surface area (Å²) in [4.78, 5) is 50.8. The van der Waals surface area contributed by atoms with Gasteiger partial charge in [0.15, 0.2) is 5.75 Å². The zero-order chi connectivity index (χ0) is 29.2. The minimum Gasteiger partial charge on any atom is -0.505 e. The van der Waals surface area contributed by atoms with E-state index in [1.165, 1.54) is 30.5 Å². The summed E-state index contributed by atoms with van der Waals surface area (Å²) < 4.78 is 40.0. The number of aromatic hydroxyl groups is 1. The van der Waals surface area contributed by atoms with Crippen LogP contribution in [0, 0.1) is 11.6 Å². The summed E-state index contributed by atoms with van der Waals surface area (Å²) >= 11 is 0. The van der Waals surface area contributed by atoms with Crippen LogP contribution in [-0.2, 0) is 11.0 Å². The first-order valence-corrected chi connectivity index (χ1v) is 14.3. The molecule has 0 bridgehead atoms. The molecule has 4 rings (SSSR count). The number of nitrogens with one attached hydrogen (secondary N) is 1. The summed E-state index contributed by atoms with van der Waals surface area (Å²) in [5, 5.41) is 13.7. The maximum atomic E-state index is 13.8. The van der Waals surface area contributed by atoms with Crippen LogP contribution in [0.2, 0.25) is 0 Å². The molecule has 1 amide bonds. The Morgan fingerprint density at radius 2 is 1.57 bits per heavy atom. The molecule has 40 heavy (non-hydrogen) atoms. The van der Waals surface area contributed by atoms with E-state index in [0.717, 1.165) is 22.3 Å². The monoisotopic (exact) mass is 571 g/mol. The Kier molecular flexibility index (Phi) is 8.20. The molecule has 2 heterocycles. The lowest BCUT2D eigenvalue weighted by molar-refractivity contribution is 0.0896. The number of benzene rings is 2. The summed E-state index contributed by atoms with van der Waals surface area (Å²) in [6.45, 7) is 3.28. The van der Waals surface area contributed by atoms with Crippen LogP contribution in [0.4, 0.5) is 8.78 Å². The van der Waals surface area contributed by atoms with Crippen LogP contribution >= 0.6 is 7.60 Å². The van der Waals surface area contributed by atoms with Crippen molar-refractivity contribution in [2.45, 2.75) is 38.6 Å². The van der Waals surface area contributed by atoms with Crippen molar-refractivity contribution < 1.29 is 33.0 Å². The molecule has 0 aliphatic rings. The zero-order valence-corrected chi connectivity index (χ0v) is 22.7. The topological polar surface area (TPSA) is 142 Å². The fourth-order valence-corrected chi connectivity index (χ4v) is 5.98. The number of pyridine rings is 2. The van der Waals surface area contributed by atoms with E-state index in [0.29, 0.717) is 12.0 Å². The molecule has 9 nitrogen and oxygen atoms in total. The lowest BCUT2D eigenvalue weighted by atomic mass is 9.94. The SMILES string of the molecule is CCC(CC)(CP(=O)(O)O)NC(=O)c1c(O)c2ncc(Cc3ccc(F)cc3)cc2n(-c2ccc(F)cc2)c1=O. The Balaban J connectivity index is 1.90. The molecule has 4 N–H and O–H groups in total. The van der Waals surface area contributed by atoms with Crippen molar-refractivity contribution in [3.8, 4) is 11.4 Å². The molecule has 0 saturated carbocycles. The van der Waals surface area contributed by atoms with Crippen LogP contribution in [-0.4, -0.2) is 42.1 Å². The van der Waals surface area contributed by atoms with E-state index in [1.807, 2.05) is 0 Å². The number of hydrogen-bond acceptors (Lipinski definition) is 5. The molecule has 210 valence electrons. The highest BCUT2D eigenvalue weighted by molar-refractivity contribution is 7.51. The van der Waals surface area contributed by atoms with Crippen LogP contribution in [0.1, 0.15) is 48.2 Å². The summed E-state index contributed by atoms with van der Waals surface area (Å²) in [6, 6.07) is 12.3. The normalized spacial score (nSPS) is 12.1. The largest absolute Gasteiger partial charge is 0.505 e. The van der Waals surface area contributed by atoms with Gasteiger partial charge < -0.3 is 20.2 Å². The molecule has 0 saturated heterocycles. The van der Waals surface area contributed by atoms with E-state index in [4.69, 9.17) is 0 Å². The van der Waals surface area contributed by atoms with Gasteiger partial charge in [-0.25, -0.2) is 8.78 Å². The van der Waals surface area contributed by atoms with E-state index < -0.39 is 53.7 Å². The van der Waals surface area contributed by atoms with Crippen LogP contribution in [0.25, 0.3) is 16.7 Å². The molecule has 0 fully saturated rings. The van der Waals surface area contributed by atoms with Gasteiger partial charge in [-0.05, 0) is 72.9 Å². The lowest BCUT2D eigenvalue weighted by Crippen LogP contribution is -2.51. The van der Waals surface area contributed by atoms with Gasteiger partial charge in [-0.1, -0.05) is 26.0 Å². The average molecular weight is 572 g/mol. The summed E-state index contributed by atoms with van der Waals surface area (Å²) in [7, 11) is -4.56. The molecule has 0 spiro atoms. The quantitative estimate of drug-likeness (QED) is 0.218. The Hall–Kier alpha value is -3.92. The molecule has 4 aromatic rings. The van der Waals surface area contributed by atoms with Crippen LogP contribution in [0.3, 0.4) is 0 Å². The predicted octanol–water partition coefficient (Wildman–Crippen LogP) is 4.43. The number of halogens is 2. The second-order valence-corrected chi connectivity index (χ2v) is 11.3. The highest BCUT2D eigenvalue weighted by Crippen LogP contribution is 2.41. The van der Waals surface area contributed by atoms with Gasteiger partial charge in [0.25, 0.3) is 11.5 Å². The van der Waals surface area contributed by atoms with Crippen LogP contribution < -0.4 is 10.9 Å². The minimum absolute atomic E-state index is 0.0921. The number of nitrogens with zero attached hydrogens (tertiary/aromatic N) is 2. The lowest BCUT2D eigenvalue weighted by Gasteiger charge is -2.33. The number of rotatable bonds is 9. The van der Waals surface area contributed by atoms with Crippen molar-refractivity contribution in [1.82, 2.24) is 14.9 Å². The zero-order valence-electron chi connectivity index (χ0n) is 21.8. The number of fused-ring (bicyclic) bond motifs is 1. The van der Waals surface area contributed by atoms with E-state index in [1.54, 1.807) is 32.0 Å².